The van der Waals surface area contributed by atoms with Crippen LogP contribution >= 0.6 is 0 Å². The molecule has 0 unspecified atom stereocenters. The molecule has 106 valence electrons. The second kappa shape index (κ2) is 5.28. The first-order chi connectivity index (χ1) is 10.2. The number of methoxy groups -OCH3 is 1. The minimum absolute atomic E-state index is 0.367. The highest BCUT2D eigenvalue weighted by atomic mass is 16.5. The molecule has 21 heavy (non-hydrogen) atoms. The van der Waals surface area contributed by atoms with Gasteiger partial charge in [0.15, 0.2) is 0 Å². The number of carbonyl (C=O) groups excluding carboxylic acids is 2. The number of amides is 2. The molecule has 0 N–H and O–H groups in total. The Morgan fingerprint density at radius 2 is 1.48 bits per heavy atom. The van der Waals surface area contributed by atoms with Gasteiger partial charge in [0.1, 0.15) is 11.5 Å². The maximum Gasteiger partial charge on any atom is 0.284 e. The number of imide groups is 1. The monoisotopic (exact) mass is 283 g/mol. The van der Waals surface area contributed by atoms with Gasteiger partial charge in [-0.05, 0) is 36.4 Å². The molecule has 3 rings (SSSR count). The summed E-state index contributed by atoms with van der Waals surface area (Å²) in [5.74, 6) is 0.429. The van der Waals surface area contributed by atoms with Crippen molar-refractivity contribution in [3.8, 4) is 11.5 Å². The van der Waals surface area contributed by atoms with Crippen molar-refractivity contribution in [1.82, 2.24) is 0 Å². The average molecular weight is 283 g/mol. The summed E-state index contributed by atoms with van der Waals surface area (Å²) in [5, 5.41) is 0. The zero-order chi connectivity index (χ0) is 14.8. The van der Waals surface area contributed by atoms with Crippen molar-refractivity contribution in [2.75, 3.05) is 12.0 Å². The molecule has 1 saturated heterocycles. The summed E-state index contributed by atoms with van der Waals surface area (Å²) in [6.07, 6.45) is -1.06. The van der Waals surface area contributed by atoms with Crippen LogP contribution in [0.5, 0.6) is 11.5 Å². The number of benzene rings is 2. The van der Waals surface area contributed by atoms with Gasteiger partial charge in [0.25, 0.3) is 17.9 Å². The van der Waals surface area contributed by atoms with E-state index in [0.717, 1.165) is 4.90 Å². The first kappa shape index (κ1) is 13.2. The van der Waals surface area contributed by atoms with E-state index in [4.69, 9.17) is 9.47 Å². The Balaban J connectivity index is 1.73. The fourth-order valence-electron chi connectivity index (χ4n) is 2.10. The number of nitrogens with zero attached hydrogens (tertiary/aromatic N) is 1. The van der Waals surface area contributed by atoms with E-state index in [1.807, 2.05) is 6.07 Å². The lowest BCUT2D eigenvalue weighted by Crippen LogP contribution is -2.64. The van der Waals surface area contributed by atoms with Gasteiger partial charge in [0.2, 0.25) is 0 Å². The second-order valence-corrected chi connectivity index (χ2v) is 4.52. The molecule has 0 aliphatic carbocycles. The zero-order valence-corrected chi connectivity index (χ0v) is 11.4. The summed E-state index contributed by atoms with van der Waals surface area (Å²) >= 11 is 0. The Morgan fingerprint density at radius 1 is 0.857 bits per heavy atom. The zero-order valence-electron chi connectivity index (χ0n) is 11.4. The number of ether oxygens (including phenoxy) is 2. The second-order valence-electron chi connectivity index (χ2n) is 4.52. The van der Waals surface area contributed by atoms with Crippen molar-refractivity contribution in [2.24, 2.45) is 0 Å². The molecule has 0 spiro atoms. The van der Waals surface area contributed by atoms with Crippen molar-refractivity contribution in [3.63, 3.8) is 0 Å². The fraction of sp³-hybridized carbons (Fsp3) is 0.125. The molecule has 5 heteroatoms. The molecular weight excluding hydrogens is 270 g/mol. The van der Waals surface area contributed by atoms with Gasteiger partial charge < -0.3 is 9.47 Å². The quantitative estimate of drug-likeness (QED) is 0.636. The third-order valence-electron chi connectivity index (χ3n) is 3.22. The van der Waals surface area contributed by atoms with Crippen LogP contribution < -0.4 is 14.4 Å². The Labute approximate surface area is 121 Å². The predicted molar refractivity (Wildman–Crippen MR) is 76.3 cm³/mol. The van der Waals surface area contributed by atoms with Crippen molar-refractivity contribution < 1.29 is 19.1 Å². The highest BCUT2D eigenvalue weighted by Crippen LogP contribution is 2.28. The number of β-lactam (4-membered cyclic amide) rings is 2. The molecule has 0 aromatic heterocycles. The van der Waals surface area contributed by atoms with Gasteiger partial charge in [0, 0.05) is 0 Å². The third-order valence-corrected chi connectivity index (χ3v) is 3.22. The molecule has 0 radical (unpaired) electrons. The van der Waals surface area contributed by atoms with Crippen molar-refractivity contribution >= 4 is 17.5 Å². The van der Waals surface area contributed by atoms with E-state index < -0.39 is 6.10 Å². The van der Waals surface area contributed by atoms with Crippen LogP contribution in [0.1, 0.15) is 0 Å². The maximum absolute atomic E-state index is 12.1. The molecule has 0 bridgehead atoms. The molecule has 2 aromatic carbocycles. The van der Waals surface area contributed by atoms with E-state index in [2.05, 4.69) is 0 Å². The number of anilines is 1. The van der Waals surface area contributed by atoms with Crippen LogP contribution in [-0.2, 0) is 9.59 Å². The van der Waals surface area contributed by atoms with E-state index in [9.17, 15) is 9.59 Å². The summed E-state index contributed by atoms with van der Waals surface area (Å²) < 4.78 is 10.4. The Hall–Kier alpha value is -2.82. The van der Waals surface area contributed by atoms with Gasteiger partial charge in [-0.2, -0.15) is 0 Å². The van der Waals surface area contributed by atoms with Crippen LogP contribution in [0.15, 0.2) is 54.6 Å². The van der Waals surface area contributed by atoms with Crippen LogP contribution in [0.4, 0.5) is 5.69 Å². The van der Waals surface area contributed by atoms with E-state index in [0.29, 0.717) is 17.2 Å². The number of hydrogen-bond acceptors (Lipinski definition) is 4. The highest BCUT2D eigenvalue weighted by Gasteiger charge is 2.49. The van der Waals surface area contributed by atoms with Crippen molar-refractivity contribution in [3.05, 3.63) is 54.6 Å². The van der Waals surface area contributed by atoms with Crippen LogP contribution in [0.3, 0.4) is 0 Å². The number of para-hydroxylation sites is 1. The number of hydrogen-bond donors (Lipinski definition) is 0. The summed E-state index contributed by atoms with van der Waals surface area (Å²) in [7, 11) is 1.55. The average Bonchev–Trinajstić information content (AvgIpc) is 2.54. The van der Waals surface area contributed by atoms with Crippen LogP contribution in [-0.4, -0.2) is 25.0 Å². The van der Waals surface area contributed by atoms with E-state index in [-0.39, 0.29) is 11.8 Å². The molecule has 5 nitrogen and oxygen atoms in total. The lowest BCUT2D eigenvalue weighted by atomic mass is 10.1. The van der Waals surface area contributed by atoms with Gasteiger partial charge in [-0.1, -0.05) is 18.2 Å². The summed E-state index contributed by atoms with van der Waals surface area (Å²) in [6, 6.07) is 15.5. The molecule has 1 fully saturated rings. The van der Waals surface area contributed by atoms with Gasteiger partial charge in [0.05, 0.1) is 12.8 Å². The van der Waals surface area contributed by atoms with Gasteiger partial charge in [-0.25, -0.2) is 4.90 Å². The number of rotatable bonds is 4. The van der Waals surface area contributed by atoms with Crippen LogP contribution in [0, 0.1) is 0 Å². The van der Waals surface area contributed by atoms with E-state index in [1.54, 1.807) is 55.6 Å². The largest absolute Gasteiger partial charge is 0.497 e. The van der Waals surface area contributed by atoms with Crippen LogP contribution in [0.2, 0.25) is 0 Å². The summed E-state index contributed by atoms with van der Waals surface area (Å²) in [5.41, 5.74) is 0.513. The lowest BCUT2D eigenvalue weighted by molar-refractivity contribution is -0.147. The smallest absolute Gasteiger partial charge is 0.284 e. The van der Waals surface area contributed by atoms with Crippen LogP contribution in [0.25, 0.3) is 0 Å². The fourth-order valence-corrected chi connectivity index (χ4v) is 2.10. The minimum Gasteiger partial charge on any atom is -0.497 e. The summed E-state index contributed by atoms with van der Waals surface area (Å²) in [4.78, 5) is 25.3. The minimum atomic E-state index is -1.06. The Bertz CT molecular complexity index is 650. The molecular formula is C16H13NO4. The van der Waals surface area contributed by atoms with E-state index in [1.165, 1.54) is 0 Å². The van der Waals surface area contributed by atoms with Crippen molar-refractivity contribution in [1.29, 1.82) is 0 Å². The normalized spacial score (nSPS) is 14.8. The van der Waals surface area contributed by atoms with Crippen molar-refractivity contribution in [2.45, 2.75) is 6.10 Å². The predicted octanol–water partition coefficient (Wildman–Crippen LogP) is 2.02. The standard InChI is InChI=1S/C16H13NO4/c1-20-12-9-7-11(8-10-12)17-15(18)14(16(17)19)21-13-5-3-2-4-6-13/h2-10,14H,1H3. The third kappa shape index (κ3) is 2.33. The molecule has 0 atom stereocenters. The first-order valence-electron chi connectivity index (χ1n) is 6.44. The molecule has 1 heterocycles. The van der Waals surface area contributed by atoms with Gasteiger partial charge in [-0.15, -0.1) is 0 Å². The topological polar surface area (TPSA) is 55.8 Å². The molecule has 2 aromatic rings. The molecule has 1 aliphatic heterocycles. The summed E-state index contributed by atoms with van der Waals surface area (Å²) in [6.45, 7) is 0. The Morgan fingerprint density at radius 3 is 2.05 bits per heavy atom. The maximum atomic E-state index is 12.1. The highest BCUT2D eigenvalue weighted by molar-refractivity contribution is 6.35. The molecule has 1 aliphatic rings. The Kier molecular flexibility index (Phi) is 3.31. The lowest BCUT2D eigenvalue weighted by Gasteiger charge is -2.35. The first-order valence-corrected chi connectivity index (χ1v) is 6.44. The van der Waals surface area contributed by atoms with E-state index >= 15 is 0 Å². The van der Waals surface area contributed by atoms with Gasteiger partial charge >= 0.3 is 0 Å². The van der Waals surface area contributed by atoms with Gasteiger partial charge in [-0.3, -0.25) is 9.59 Å². The number of carbonyl (C=O) groups is 2. The SMILES string of the molecule is COc1ccc(N2C(=O)C(Oc3ccccc3)C2=O)cc1. The molecule has 2 amide bonds. The molecule has 0 saturated carbocycles.